The van der Waals surface area contributed by atoms with E-state index in [0.717, 1.165) is 37.1 Å². The summed E-state index contributed by atoms with van der Waals surface area (Å²) in [5.41, 5.74) is 8.02. The molecule has 0 aliphatic carbocycles. The Balaban J connectivity index is 2.34. The van der Waals surface area contributed by atoms with Gasteiger partial charge in [0.25, 0.3) is 0 Å². The van der Waals surface area contributed by atoms with Gasteiger partial charge in [-0.05, 0) is 70.1 Å². The lowest BCUT2D eigenvalue weighted by atomic mass is 10.1. The predicted octanol–water partition coefficient (Wildman–Crippen LogP) is 1.60. The zero-order valence-electron chi connectivity index (χ0n) is 13.3. The highest BCUT2D eigenvalue weighted by Crippen LogP contribution is 2.27. The van der Waals surface area contributed by atoms with Crippen LogP contribution in [-0.2, 0) is 10.0 Å². The van der Waals surface area contributed by atoms with Crippen molar-refractivity contribution in [2.75, 3.05) is 32.9 Å². The van der Waals surface area contributed by atoms with Crippen molar-refractivity contribution < 1.29 is 8.42 Å². The van der Waals surface area contributed by atoms with Gasteiger partial charge in [0.1, 0.15) is 0 Å². The van der Waals surface area contributed by atoms with Crippen LogP contribution >= 0.6 is 0 Å². The maximum atomic E-state index is 12.9. The lowest BCUT2D eigenvalue weighted by Gasteiger charge is -2.34. The van der Waals surface area contributed by atoms with Gasteiger partial charge in [-0.2, -0.15) is 4.31 Å². The first-order valence-corrected chi connectivity index (χ1v) is 8.71. The van der Waals surface area contributed by atoms with E-state index in [1.165, 1.54) is 4.31 Å². The number of hydrogen-bond donors (Lipinski definition) is 1. The molecule has 1 aromatic rings. The summed E-state index contributed by atoms with van der Waals surface area (Å²) in [6.45, 7) is 5.59. The second-order valence-corrected chi connectivity index (χ2v) is 7.98. The quantitative estimate of drug-likeness (QED) is 0.861. The number of likely N-dealkylation sites (tertiary alicyclic amines) is 1. The van der Waals surface area contributed by atoms with E-state index in [1.807, 2.05) is 19.9 Å². The minimum Gasteiger partial charge on any atom is -0.399 e. The van der Waals surface area contributed by atoms with Gasteiger partial charge in [0.15, 0.2) is 0 Å². The first-order chi connectivity index (χ1) is 9.73. The van der Waals surface area contributed by atoms with Crippen LogP contribution in [0.3, 0.4) is 0 Å². The van der Waals surface area contributed by atoms with E-state index in [4.69, 9.17) is 5.73 Å². The molecule has 0 atom stereocenters. The average Bonchev–Trinajstić information content (AvgIpc) is 2.42. The number of rotatable bonds is 3. The third-order valence-corrected chi connectivity index (χ3v) is 6.54. The number of nitrogen functional groups attached to an aromatic ring is 1. The summed E-state index contributed by atoms with van der Waals surface area (Å²) in [6.07, 6.45) is 1.74. The number of piperidine rings is 1. The van der Waals surface area contributed by atoms with E-state index in [0.29, 0.717) is 10.6 Å². The van der Waals surface area contributed by atoms with Crippen molar-refractivity contribution in [2.45, 2.75) is 37.6 Å². The molecule has 0 bridgehead atoms. The van der Waals surface area contributed by atoms with E-state index in [1.54, 1.807) is 13.1 Å². The van der Waals surface area contributed by atoms with Crippen LogP contribution in [0.25, 0.3) is 0 Å². The molecule has 1 aromatic carbocycles. The first kappa shape index (κ1) is 16.3. The van der Waals surface area contributed by atoms with Crippen LogP contribution in [0, 0.1) is 13.8 Å². The first-order valence-electron chi connectivity index (χ1n) is 7.26. The highest BCUT2D eigenvalue weighted by atomic mass is 32.2. The summed E-state index contributed by atoms with van der Waals surface area (Å²) in [4.78, 5) is 2.56. The van der Waals surface area contributed by atoms with Gasteiger partial charge >= 0.3 is 0 Å². The van der Waals surface area contributed by atoms with Gasteiger partial charge in [0, 0.05) is 18.8 Å². The van der Waals surface area contributed by atoms with Gasteiger partial charge < -0.3 is 10.6 Å². The van der Waals surface area contributed by atoms with Gasteiger partial charge in [0.2, 0.25) is 10.0 Å². The second kappa shape index (κ2) is 5.94. The van der Waals surface area contributed by atoms with Crippen LogP contribution in [0.1, 0.15) is 24.0 Å². The molecular formula is C15H25N3O2S. The van der Waals surface area contributed by atoms with Crippen molar-refractivity contribution in [1.29, 1.82) is 0 Å². The summed E-state index contributed by atoms with van der Waals surface area (Å²) in [6, 6.07) is 3.44. The zero-order valence-corrected chi connectivity index (χ0v) is 14.1. The summed E-state index contributed by atoms with van der Waals surface area (Å²) in [5, 5.41) is 0. The monoisotopic (exact) mass is 311 g/mol. The summed E-state index contributed by atoms with van der Waals surface area (Å²) < 4.78 is 27.3. The fourth-order valence-corrected chi connectivity index (χ4v) is 4.58. The average molecular weight is 311 g/mol. The summed E-state index contributed by atoms with van der Waals surface area (Å²) in [7, 11) is 0.252. The van der Waals surface area contributed by atoms with E-state index >= 15 is 0 Å². The van der Waals surface area contributed by atoms with Crippen molar-refractivity contribution >= 4 is 15.7 Å². The summed E-state index contributed by atoms with van der Waals surface area (Å²) in [5.74, 6) is 0. The summed E-state index contributed by atoms with van der Waals surface area (Å²) >= 11 is 0. The molecule has 1 aliphatic rings. The standard InChI is InChI=1S/C15H25N3O2S/c1-11-9-13(16)10-15(12(11)2)21(19,20)18(4)14-5-7-17(3)8-6-14/h9-10,14H,5-8,16H2,1-4H3. The number of sulfonamides is 1. The third kappa shape index (κ3) is 3.22. The van der Waals surface area contributed by atoms with E-state index < -0.39 is 10.0 Å². The molecule has 0 amide bonds. The Morgan fingerprint density at radius 1 is 1.24 bits per heavy atom. The Bertz CT molecular complexity index is 620. The Kier molecular flexibility index (Phi) is 4.60. The molecule has 6 heteroatoms. The third-order valence-electron chi connectivity index (χ3n) is 4.50. The topological polar surface area (TPSA) is 66.6 Å². The van der Waals surface area contributed by atoms with Crippen LogP contribution in [0.4, 0.5) is 5.69 Å². The molecule has 5 nitrogen and oxygen atoms in total. The molecule has 118 valence electrons. The number of anilines is 1. The Labute approximate surface area is 127 Å². The molecule has 1 heterocycles. The minimum atomic E-state index is -3.50. The molecule has 0 radical (unpaired) electrons. The number of aryl methyl sites for hydroxylation is 1. The van der Waals surface area contributed by atoms with E-state index in [2.05, 4.69) is 11.9 Å². The number of nitrogens with two attached hydrogens (primary N) is 1. The van der Waals surface area contributed by atoms with Gasteiger partial charge in [0.05, 0.1) is 4.90 Å². The SMILES string of the molecule is Cc1cc(N)cc(S(=O)(=O)N(C)C2CCN(C)CC2)c1C. The van der Waals surface area contributed by atoms with Crippen LogP contribution in [0.5, 0.6) is 0 Å². The largest absolute Gasteiger partial charge is 0.399 e. The smallest absolute Gasteiger partial charge is 0.243 e. The molecule has 0 spiro atoms. The maximum absolute atomic E-state index is 12.9. The Hall–Kier alpha value is -1.11. The van der Waals surface area contributed by atoms with Gasteiger partial charge in [-0.1, -0.05) is 0 Å². The molecule has 1 saturated heterocycles. The molecule has 0 aromatic heterocycles. The molecule has 1 aliphatic heterocycles. The van der Waals surface area contributed by atoms with Gasteiger partial charge in [-0.3, -0.25) is 0 Å². The van der Waals surface area contributed by atoms with Gasteiger partial charge in [-0.25, -0.2) is 8.42 Å². The molecule has 21 heavy (non-hydrogen) atoms. The van der Waals surface area contributed by atoms with Crippen LogP contribution in [-0.4, -0.2) is 50.8 Å². The Morgan fingerprint density at radius 2 is 1.81 bits per heavy atom. The van der Waals surface area contributed by atoms with Crippen LogP contribution in [0.15, 0.2) is 17.0 Å². The van der Waals surface area contributed by atoms with Crippen molar-refractivity contribution in [2.24, 2.45) is 0 Å². The van der Waals surface area contributed by atoms with Crippen molar-refractivity contribution in [3.63, 3.8) is 0 Å². The highest BCUT2D eigenvalue weighted by Gasteiger charge is 2.31. The van der Waals surface area contributed by atoms with Crippen LogP contribution < -0.4 is 5.73 Å². The molecule has 2 N–H and O–H groups in total. The molecule has 0 unspecified atom stereocenters. The molecule has 1 fully saturated rings. The molecule has 0 saturated carbocycles. The Morgan fingerprint density at radius 3 is 2.38 bits per heavy atom. The van der Waals surface area contributed by atoms with Gasteiger partial charge in [-0.15, -0.1) is 0 Å². The van der Waals surface area contributed by atoms with Crippen molar-refractivity contribution in [1.82, 2.24) is 9.21 Å². The van der Waals surface area contributed by atoms with Crippen molar-refractivity contribution in [3.8, 4) is 0 Å². The van der Waals surface area contributed by atoms with E-state index in [9.17, 15) is 8.42 Å². The maximum Gasteiger partial charge on any atom is 0.243 e. The normalized spacial score (nSPS) is 18.3. The lowest BCUT2D eigenvalue weighted by Crippen LogP contribution is -2.44. The van der Waals surface area contributed by atoms with Crippen molar-refractivity contribution in [3.05, 3.63) is 23.3 Å². The highest BCUT2D eigenvalue weighted by molar-refractivity contribution is 7.89. The number of nitrogens with zero attached hydrogens (tertiary/aromatic N) is 2. The molecular weight excluding hydrogens is 286 g/mol. The second-order valence-electron chi connectivity index (χ2n) is 6.02. The van der Waals surface area contributed by atoms with E-state index in [-0.39, 0.29) is 6.04 Å². The van der Waals surface area contributed by atoms with Crippen LogP contribution in [0.2, 0.25) is 0 Å². The molecule has 2 rings (SSSR count). The number of hydrogen-bond acceptors (Lipinski definition) is 4. The minimum absolute atomic E-state index is 0.0623. The zero-order chi connectivity index (χ0) is 15.8. The fraction of sp³-hybridized carbons (Fsp3) is 0.600. The fourth-order valence-electron chi connectivity index (χ4n) is 2.83. The lowest BCUT2D eigenvalue weighted by molar-refractivity contribution is 0.197. The number of benzene rings is 1. The predicted molar refractivity (Wildman–Crippen MR) is 85.8 cm³/mol.